The molecule has 0 aliphatic rings. The number of rotatable bonds is 20. The molecule has 0 saturated heterocycles. The molecule has 0 N–H and O–H groups in total. The van der Waals surface area contributed by atoms with Gasteiger partial charge in [0.1, 0.15) is 0 Å². The van der Waals surface area contributed by atoms with E-state index in [0.717, 1.165) is 32.5 Å². The molecule has 0 aromatic heterocycles. The summed E-state index contributed by atoms with van der Waals surface area (Å²) in [6.45, 7) is 6.19. The minimum atomic E-state index is -0.0948. The zero-order valence-electron chi connectivity index (χ0n) is 18.8. The van der Waals surface area contributed by atoms with Gasteiger partial charge in [-0.25, -0.2) is 0 Å². The Hall–Kier alpha value is -0.860. The summed E-state index contributed by atoms with van der Waals surface area (Å²) < 4.78 is 12.2. The molecule has 0 aliphatic heterocycles. The van der Waals surface area contributed by atoms with Crippen LogP contribution in [0.4, 0.5) is 0 Å². The van der Waals surface area contributed by atoms with Gasteiger partial charge in [-0.3, -0.25) is 0 Å². The lowest BCUT2D eigenvalue weighted by Crippen LogP contribution is -2.21. The normalized spacial score (nSPS) is 11.4. The van der Waals surface area contributed by atoms with Gasteiger partial charge < -0.3 is 9.47 Å². The first kappa shape index (κ1) is 25.2. The van der Waals surface area contributed by atoms with Crippen LogP contribution in [0.3, 0.4) is 0 Å². The van der Waals surface area contributed by atoms with Gasteiger partial charge in [-0.05, 0) is 18.4 Å². The molecule has 0 atom stereocenters. The van der Waals surface area contributed by atoms with E-state index in [1.54, 1.807) is 0 Å². The van der Waals surface area contributed by atoms with Crippen molar-refractivity contribution >= 4 is 0 Å². The Kier molecular flexibility index (Phi) is 17.5. The SMILES string of the molecule is CCCCCCCCCOC(Cc1ccccc1)OCCCCCCCCC. The molecule has 1 rings (SSSR count). The Bertz CT molecular complexity index is 398. The number of hydrogen-bond acceptors (Lipinski definition) is 2. The van der Waals surface area contributed by atoms with Crippen LogP contribution < -0.4 is 0 Å². The van der Waals surface area contributed by atoms with E-state index in [-0.39, 0.29) is 6.29 Å². The van der Waals surface area contributed by atoms with Crippen molar-refractivity contribution in [3.8, 4) is 0 Å². The molecule has 0 unspecified atom stereocenters. The highest BCUT2D eigenvalue weighted by Crippen LogP contribution is 2.12. The standard InChI is InChI=1S/C26H46O2/c1-3-5-7-9-11-13-18-22-27-26(24-25-20-16-15-17-21-25)28-23-19-14-12-10-8-6-4-2/h15-17,20-21,26H,3-14,18-19,22-24H2,1-2H3. The Morgan fingerprint density at radius 3 is 1.46 bits per heavy atom. The molecule has 0 amide bonds. The highest BCUT2D eigenvalue weighted by molar-refractivity contribution is 5.15. The van der Waals surface area contributed by atoms with Gasteiger partial charge in [0.05, 0.1) is 0 Å². The van der Waals surface area contributed by atoms with Crippen LogP contribution in [-0.4, -0.2) is 19.5 Å². The van der Waals surface area contributed by atoms with Gasteiger partial charge in [-0.15, -0.1) is 0 Å². The van der Waals surface area contributed by atoms with E-state index in [4.69, 9.17) is 9.47 Å². The first-order valence-corrected chi connectivity index (χ1v) is 12.1. The van der Waals surface area contributed by atoms with E-state index >= 15 is 0 Å². The molecule has 2 heteroatoms. The summed E-state index contributed by atoms with van der Waals surface area (Å²) in [5.41, 5.74) is 1.30. The summed E-state index contributed by atoms with van der Waals surface area (Å²) >= 11 is 0. The molecule has 0 heterocycles. The van der Waals surface area contributed by atoms with Gasteiger partial charge in [-0.2, -0.15) is 0 Å². The topological polar surface area (TPSA) is 18.5 Å². The van der Waals surface area contributed by atoms with E-state index in [0.29, 0.717) is 0 Å². The molecule has 0 fully saturated rings. The van der Waals surface area contributed by atoms with E-state index in [1.807, 2.05) is 0 Å². The minimum Gasteiger partial charge on any atom is -0.352 e. The molecule has 1 aromatic carbocycles. The Balaban J connectivity index is 2.17. The first-order chi connectivity index (χ1) is 13.9. The minimum absolute atomic E-state index is 0.0948. The third kappa shape index (κ3) is 15.1. The van der Waals surface area contributed by atoms with Crippen molar-refractivity contribution in [1.82, 2.24) is 0 Å². The molecular formula is C26H46O2. The van der Waals surface area contributed by atoms with Crippen LogP contribution in [0.25, 0.3) is 0 Å². The smallest absolute Gasteiger partial charge is 0.161 e. The fourth-order valence-corrected chi connectivity index (χ4v) is 3.52. The second kappa shape index (κ2) is 19.5. The predicted octanol–water partition coefficient (Wildman–Crippen LogP) is 8.09. The van der Waals surface area contributed by atoms with Crippen molar-refractivity contribution in [1.29, 1.82) is 0 Å². The van der Waals surface area contributed by atoms with E-state index in [2.05, 4.69) is 44.2 Å². The summed E-state index contributed by atoms with van der Waals surface area (Å²) in [4.78, 5) is 0. The van der Waals surface area contributed by atoms with Crippen LogP contribution in [-0.2, 0) is 15.9 Å². The van der Waals surface area contributed by atoms with Gasteiger partial charge in [0.25, 0.3) is 0 Å². The second-order valence-electron chi connectivity index (χ2n) is 8.10. The fourth-order valence-electron chi connectivity index (χ4n) is 3.52. The predicted molar refractivity (Wildman–Crippen MR) is 122 cm³/mol. The lowest BCUT2D eigenvalue weighted by Gasteiger charge is -2.19. The van der Waals surface area contributed by atoms with Gasteiger partial charge in [0, 0.05) is 19.6 Å². The zero-order valence-corrected chi connectivity index (χ0v) is 18.8. The lowest BCUT2D eigenvalue weighted by molar-refractivity contribution is -0.142. The Morgan fingerprint density at radius 2 is 1.00 bits per heavy atom. The third-order valence-electron chi connectivity index (χ3n) is 5.35. The largest absolute Gasteiger partial charge is 0.352 e. The quantitative estimate of drug-likeness (QED) is 0.165. The number of ether oxygens (including phenoxy) is 2. The Morgan fingerprint density at radius 1 is 0.571 bits per heavy atom. The van der Waals surface area contributed by atoms with Crippen LogP contribution in [0.1, 0.15) is 109 Å². The highest BCUT2D eigenvalue weighted by atomic mass is 16.7. The highest BCUT2D eigenvalue weighted by Gasteiger charge is 2.10. The monoisotopic (exact) mass is 390 g/mol. The number of hydrogen-bond donors (Lipinski definition) is 0. The molecule has 0 aliphatic carbocycles. The molecule has 0 saturated carbocycles. The van der Waals surface area contributed by atoms with Crippen LogP contribution in [0, 0.1) is 0 Å². The van der Waals surface area contributed by atoms with Crippen molar-refractivity contribution in [3.05, 3.63) is 35.9 Å². The molecule has 1 aromatic rings. The maximum atomic E-state index is 6.11. The molecule has 162 valence electrons. The maximum Gasteiger partial charge on any atom is 0.161 e. The molecule has 0 spiro atoms. The first-order valence-electron chi connectivity index (χ1n) is 12.1. The van der Waals surface area contributed by atoms with Crippen LogP contribution in [0.15, 0.2) is 30.3 Å². The van der Waals surface area contributed by atoms with Crippen molar-refractivity contribution in [2.24, 2.45) is 0 Å². The van der Waals surface area contributed by atoms with Crippen molar-refractivity contribution in [2.45, 2.75) is 116 Å². The second-order valence-corrected chi connectivity index (χ2v) is 8.10. The van der Waals surface area contributed by atoms with E-state index in [9.17, 15) is 0 Å². The van der Waals surface area contributed by atoms with Crippen molar-refractivity contribution in [2.75, 3.05) is 13.2 Å². The summed E-state index contributed by atoms with van der Waals surface area (Å²) in [6, 6.07) is 10.6. The van der Waals surface area contributed by atoms with Gasteiger partial charge >= 0.3 is 0 Å². The number of unbranched alkanes of at least 4 members (excludes halogenated alkanes) is 12. The average Bonchev–Trinajstić information content (AvgIpc) is 2.72. The summed E-state index contributed by atoms with van der Waals surface area (Å²) in [5, 5.41) is 0. The summed E-state index contributed by atoms with van der Waals surface area (Å²) in [5.74, 6) is 0. The summed E-state index contributed by atoms with van der Waals surface area (Å²) in [7, 11) is 0. The molecule has 28 heavy (non-hydrogen) atoms. The molecule has 0 radical (unpaired) electrons. The van der Waals surface area contributed by atoms with Gasteiger partial charge in [0.15, 0.2) is 6.29 Å². The zero-order chi connectivity index (χ0) is 20.1. The lowest BCUT2D eigenvalue weighted by atomic mass is 10.1. The average molecular weight is 391 g/mol. The fraction of sp³-hybridized carbons (Fsp3) is 0.769. The Labute approximate surface area is 175 Å². The molecular weight excluding hydrogens is 344 g/mol. The summed E-state index contributed by atoms with van der Waals surface area (Å²) in [6.07, 6.45) is 19.2. The van der Waals surface area contributed by atoms with E-state index < -0.39 is 0 Å². The third-order valence-corrected chi connectivity index (χ3v) is 5.35. The van der Waals surface area contributed by atoms with Gasteiger partial charge in [-0.1, -0.05) is 121 Å². The molecule has 2 nitrogen and oxygen atoms in total. The maximum absolute atomic E-state index is 6.11. The van der Waals surface area contributed by atoms with Crippen LogP contribution in [0.5, 0.6) is 0 Å². The molecule has 0 bridgehead atoms. The van der Waals surface area contributed by atoms with Gasteiger partial charge in [0.2, 0.25) is 0 Å². The van der Waals surface area contributed by atoms with Crippen molar-refractivity contribution < 1.29 is 9.47 Å². The van der Waals surface area contributed by atoms with Crippen LogP contribution >= 0.6 is 0 Å². The number of benzene rings is 1. The van der Waals surface area contributed by atoms with Crippen LogP contribution in [0.2, 0.25) is 0 Å². The van der Waals surface area contributed by atoms with E-state index in [1.165, 1.54) is 82.6 Å². The van der Waals surface area contributed by atoms with Crippen molar-refractivity contribution in [3.63, 3.8) is 0 Å².